The maximum Gasteiger partial charge on any atom is 0.273 e. The Labute approximate surface area is 157 Å². The molecule has 0 aliphatic heterocycles. The van der Waals surface area contributed by atoms with Crippen LogP contribution < -0.4 is 10.9 Å². The van der Waals surface area contributed by atoms with Crippen molar-refractivity contribution < 1.29 is 4.79 Å². The Morgan fingerprint density at radius 3 is 3.04 bits per heavy atom. The molecule has 0 atom stereocenters. The Kier molecular flexibility index (Phi) is 5.06. The molecule has 7 nitrogen and oxygen atoms in total. The molecule has 3 aromatic rings. The fourth-order valence-electron chi connectivity index (χ4n) is 2.40. The van der Waals surface area contributed by atoms with E-state index >= 15 is 0 Å². The highest BCUT2D eigenvalue weighted by Crippen LogP contribution is 2.17. The molecule has 0 saturated heterocycles. The number of carbonyl (C=O) groups is 1. The molecule has 0 aliphatic carbocycles. The first-order valence-electron chi connectivity index (χ1n) is 7.53. The van der Waals surface area contributed by atoms with E-state index < -0.39 is 5.91 Å². The Morgan fingerprint density at radius 2 is 2.31 bits per heavy atom. The molecule has 0 spiro atoms. The molecule has 1 aromatic carbocycles. The largest absolute Gasteiger partial charge is 0.324 e. The van der Waals surface area contributed by atoms with Gasteiger partial charge in [-0.05, 0) is 30.4 Å². The number of nitriles is 1. The van der Waals surface area contributed by atoms with Crippen LogP contribution in [0, 0.1) is 15.3 Å². The zero-order chi connectivity index (χ0) is 18.7. The summed E-state index contributed by atoms with van der Waals surface area (Å²) in [5, 5.41) is 11.6. The number of hydrogen-bond donors (Lipinski definition) is 1. The number of amides is 1. The van der Waals surface area contributed by atoms with Crippen LogP contribution >= 0.6 is 23.6 Å². The summed E-state index contributed by atoms with van der Waals surface area (Å²) in [6.45, 7) is 3.94. The first-order chi connectivity index (χ1) is 12.5. The fraction of sp³-hybridized carbons (Fsp3) is 0.118. The maximum atomic E-state index is 12.6. The van der Waals surface area contributed by atoms with Crippen molar-refractivity contribution in [3.05, 3.63) is 63.1 Å². The summed E-state index contributed by atoms with van der Waals surface area (Å²) < 4.78 is 3.88. The second-order valence-electron chi connectivity index (χ2n) is 5.34. The summed E-state index contributed by atoms with van der Waals surface area (Å²) in [4.78, 5) is 29.1. The summed E-state index contributed by atoms with van der Waals surface area (Å²) in [6, 6.07) is 8.54. The molecule has 0 radical (unpaired) electrons. The highest BCUT2D eigenvalue weighted by atomic mass is 32.1. The maximum absolute atomic E-state index is 12.6. The van der Waals surface area contributed by atoms with Gasteiger partial charge in [-0.15, -0.1) is 6.58 Å². The number of nitrogens with one attached hydrogen (secondary N) is 1. The van der Waals surface area contributed by atoms with Crippen molar-refractivity contribution in [2.24, 2.45) is 0 Å². The number of hydrogen-bond acceptors (Lipinski definition) is 6. The Hall–Kier alpha value is -3.09. The van der Waals surface area contributed by atoms with Gasteiger partial charge in [0.05, 0.1) is 11.6 Å². The number of thiazole rings is 1. The van der Waals surface area contributed by atoms with Crippen molar-refractivity contribution in [1.29, 1.82) is 5.26 Å². The van der Waals surface area contributed by atoms with Gasteiger partial charge in [0, 0.05) is 12.2 Å². The van der Waals surface area contributed by atoms with Gasteiger partial charge in [0.15, 0.2) is 9.60 Å². The number of benzene rings is 1. The van der Waals surface area contributed by atoms with Crippen LogP contribution in [0.3, 0.4) is 0 Å². The van der Waals surface area contributed by atoms with Crippen molar-refractivity contribution in [2.45, 2.75) is 13.1 Å². The van der Waals surface area contributed by atoms with Crippen LogP contribution in [-0.2, 0) is 17.9 Å². The predicted molar refractivity (Wildman–Crippen MR) is 103 cm³/mol. The molecule has 130 valence electrons. The molecule has 0 unspecified atom stereocenters. The van der Waals surface area contributed by atoms with Crippen LogP contribution in [0.1, 0.15) is 5.56 Å². The summed E-state index contributed by atoms with van der Waals surface area (Å²) in [5.41, 5.74) is 1.09. The molecule has 3 rings (SSSR count). The van der Waals surface area contributed by atoms with Crippen molar-refractivity contribution in [3.63, 3.8) is 0 Å². The number of carbonyl (C=O) groups excluding carboxylic acids is 1. The van der Waals surface area contributed by atoms with Gasteiger partial charge in [0.2, 0.25) is 5.91 Å². The minimum Gasteiger partial charge on any atom is -0.324 e. The number of anilines is 1. The average molecular weight is 383 g/mol. The highest BCUT2D eigenvalue weighted by molar-refractivity contribution is 7.73. The van der Waals surface area contributed by atoms with E-state index in [-0.39, 0.29) is 12.1 Å². The first-order valence-corrected chi connectivity index (χ1v) is 8.75. The molecule has 0 bridgehead atoms. The van der Waals surface area contributed by atoms with E-state index in [2.05, 4.69) is 16.9 Å². The van der Waals surface area contributed by atoms with Gasteiger partial charge < -0.3 is 9.88 Å². The molecule has 0 aliphatic rings. The smallest absolute Gasteiger partial charge is 0.273 e. The zero-order valence-corrected chi connectivity index (χ0v) is 15.1. The van der Waals surface area contributed by atoms with E-state index in [1.54, 1.807) is 34.9 Å². The van der Waals surface area contributed by atoms with Crippen molar-refractivity contribution in [2.75, 3.05) is 5.32 Å². The summed E-state index contributed by atoms with van der Waals surface area (Å²) in [7, 11) is 0. The number of fused-ring (bicyclic) bond motifs is 1. The van der Waals surface area contributed by atoms with Crippen LogP contribution in [0.2, 0.25) is 0 Å². The lowest BCUT2D eigenvalue weighted by atomic mass is 10.2. The van der Waals surface area contributed by atoms with E-state index in [4.69, 9.17) is 17.5 Å². The quantitative estimate of drug-likeness (QED) is 0.540. The van der Waals surface area contributed by atoms with E-state index in [0.717, 1.165) is 11.3 Å². The first kappa shape index (κ1) is 17.7. The summed E-state index contributed by atoms with van der Waals surface area (Å²) >= 11 is 6.42. The van der Waals surface area contributed by atoms with Crippen LogP contribution in [0.15, 0.2) is 48.0 Å². The number of aromatic nitrogens is 3. The van der Waals surface area contributed by atoms with Crippen LogP contribution in [0.25, 0.3) is 10.3 Å². The summed E-state index contributed by atoms with van der Waals surface area (Å²) in [6.07, 6.45) is 3.01. The van der Waals surface area contributed by atoms with Gasteiger partial charge in [-0.2, -0.15) is 5.26 Å². The van der Waals surface area contributed by atoms with Crippen molar-refractivity contribution in [3.8, 4) is 6.07 Å². The Bertz CT molecular complexity index is 1170. The van der Waals surface area contributed by atoms with E-state index in [9.17, 15) is 9.59 Å². The monoisotopic (exact) mass is 383 g/mol. The lowest BCUT2D eigenvalue weighted by molar-refractivity contribution is -0.116. The molecule has 9 heteroatoms. The summed E-state index contributed by atoms with van der Waals surface area (Å²) in [5.74, 6) is -0.391. The molecule has 0 saturated carbocycles. The van der Waals surface area contributed by atoms with Crippen LogP contribution in [0.4, 0.5) is 5.69 Å². The third-order valence-corrected chi connectivity index (χ3v) is 4.97. The van der Waals surface area contributed by atoms with Gasteiger partial charge in [-0.1, -0.05) is 23.5 Å². The SMILES string of the molecule is C=CCn1c(=S)sc2c(=O)n(CC(=O)Nc3cccc(C#N)c3)cnc21. The molecule has 26 heavy (non-hydrogen) atoms. The van der Waals surface area contributed by atoms with Crippen molar-refractivity contribution in [1.82, 2.24) is 14.1 Å². The second kappa shape index (κ2) is 7.43. The van der Waals surface area contributed by atoms with E-state index in [1.807, 2.05) is 6.07 Å². The molecular weight excluding hydrogens is 370 g/mol. The molecule has 0 fully saturated rings. The lowest BCUT2D eigenvalue weighted by Gasteiger charge is -2.07. The zero-order valence-electron chi connectivity index (χ0n) is 13.5. The molecule has 1 N–H and O–H groups in total. The van der Waals surface area contributed by atoms with Crippen LogP contribution in [-0.4, -0.2) is 20.0 Å². The normalized spacial score (nSPS) is 10.4. The Balaban J connectivity index is 1.87. The molecular formula is C17H13N5O2S2. The van der Waals surface area contributed by atoms with E-state index in [1.165, 1.54) is 10.9 Å². The Morgan fingerprint density at radius 1 is 1.50 bits per heavy atom. The van der Waals surface area contributed by atoms with E-state index in [0.29, 0.717) is 32.1 Å². The third kappa shape index (κ3) is 3.46. The number of rotatable bonds is 5. The molecule has 2 aromatic heterocycles. The van der Waals surface area contributed by atoms with Gasteiger partial charge in [-0.3, -0.25) is 14.2 Å². The standard InChI is InChI=1S/C17H13N5O2S2/c1-2-6-22-15-14(26-17(22)25)16(24)21(10-19-15)9-13(23)20-12-5-3-4-11(7-12)8-18/h2-5,7,10H,1,6,9H2,(H,20,23). The van der Waals surface area contributed by atoms with Crippen molar-refractivity contribution >= 4 is 45.5 Å². The number of allylic oxidation sites excluding steroid dienone is 1. The predicted octanol–water partition coefficient (Wildman–Crippen LogP) is 2.69. The second-order valence-corrected chi connectivity index (χ2v) is 6.98. The highest BCUT2D eigenvalue weighted by Gasteiger charge is 2.13. The van der Waals surface area contributed by atoms with Gasteiger partial charge in [0.1, 0.15) is 17.6 Å². The molecule has 2 heterocycles. The topological polar surface area (TPSA) is 92.7 Å². The minimum absolute atomic E-state index is 0.190. The van der Waals surface area contributed by atoms with Gasteiger partial charge in [0.25, 0.3) is 5.56 Å². The molecule has 1 amide bonds. The minimum atomic E-state index is -0.391. The lowest BCUT2D eigenvalue weighted by Crippen LogP contribution is -2.27. The average Bonchev–Trinajstić information content (AvgIpc) is 2.94. The number of nitrogens with zero attached hydrogens (tertiary/aromatic N) is 4. The van der Waals surface area contributed by atoms with Crippen LogP contribution in [0.5, 0.6) is 0 Å². The fourth-order valence-corrected chi connectivity index (χ4v) is 3.71. The third-order valence-electron chi connectivity index (χ3n) is 3.54. The van der Waals surface area contributed by atoms with Gasteiger partial charge >= 0.3 is 0 Å². The van der Waals surface area contributed by atoms with Gasteiger partial charge in [-0.25, -0.2) is 4.98 Å².